The Balaban J connectivity index is 1.82. The van der Waals surface area contributed by atoms with Gasteiger partial charge in [-0.2, -0.15) is 0 Å². The fraction of sp³-hybridized carbons (Fsp3) is 0.588. The van der Waals surface area contributed by atoms with Gasteiger partial charge in [0.1, 0.15) is 5.75 Å². The minimum atomic E-state index is -2.88. The second-order valence-corrected chi connectivity index (χ2v) is 8.19. The summed E-state index contributed by atoms with van der Waals surface area (Å²) in [6.07, 6.45) is 2.50. The van der Waals surface area contributed by atoms with Crippen LogP contribution >= 0.6 is 0 Å². The number of hydrogen-bond donors (Lipinski definition) is 2. The Kier molecular flexibility index (Phi) is 6.90. The summed E-state index contributed by atoms with van der Waals surface area (Å²) in [6.45, 7) is 3.44. The molecule has 24 heavy (non-hydrogen) atoms. The minimum absolute atomic E-state index is 0.0359. The van der Waals surface area contributed by atoms with Gasteiger partial charge in [-0.25, -0.2) is 8.42 Å². The van der Waals surface area contributed by atoms with Gasteiger partial charge in [0.25, 0.3) is 0 Å². The van der Waals surface area contributed by atoms with Gasteiger partial charge in [-0.3, -0.25) is 4.99 Å². The third kappa shape index (κ3) is 6.03. The van der Waals surface area contributed by atoms with Gasteiger partial charge in [-0.1, -0.05) is 12.1 Å². The second-order valence-electron chi connectivity index (χ2n) is 5.96. The molecule has 1 saturated heterocycles. The van der Waals surface area contributed by atoms with Crippen molar-refractivity contribution in [1.29, 1.82) is 0 Å². The highest BCUT2D eigenvalue weighted by atomic mass is 32.2. The fourth-order valence-corrected chi connectivity index (χ4v) is 4.40. The quantitative estimate of drug-likeness (QED) is 0.440. The van der Waals surface area contributed by atoms with E-state index in [1.807, 2.05) is 25.1 Å². The normalized spacial score (nSPS) is 19.9. The maximum atomic E-state index is 11.5. The Morgan fingerprint density at radius 3 is 2.92 bits per heavy atom. The molecule has 1 heterocycles. The average Bonchev–Trinajstić information content (AvgIpc) is 2.90. The van der Waals surface area contributed by atoms with Crippen LogP contribution in [0, 0.1) is 0 Å². The largest absolute Gasteiger partial charge is 0.497 e. The van der Waals surface area contributed by atoms with Gasteiger partial charge in [0.2, 0.25) is 0 Å². The van der Waals surface area contributed by atoms with Crippen LogP contribution in [0.5, 0.6) is 5.75 Å². The first kappa shape index (κ1) is 18.6. The van der Waals surface area contributed by atoms with E-state index >= 15 is 0 Å². The van der Waals surface area contributed by atoms with Gasteiger partial charge in [0.05, 0.1) is 18.6 Å². The van der Waals surface area contributed by atoms with Crippen LogP contribution in [0.1, 0.15) is 25.3 Å². The Morgan fingerprint density at radius 2 is 2.25 bits per heavy atom. The molecule has 7 heteroatoms. The first-order valence-corrected chi connectivity index (χ1v) is 10.2. The molecule has 0 saturated carbocycles. The van der Waals surface area contributed by atoms with Crippen molar-refractivity contribution >= 4 is 15.8 Å². The molecule has 0 aliphatic carbocycles. The summed E-state index contributed by atoms with van der Waals surface area (Å²) in [5, 5.41) is 6.41. The van der Waals surface area contributed by atoms with Crippen LogP contribution in [0.15, 0.2) is 29.3 Å². The van der Waals surface area contributed by atoms with Gasteiger partial charge in [-0.05, 0) is 43.9 Å². The van der Waals surface area contributed by atoms with E-state index in [0.29, 0.717) is 18.9 Å². The van der Waals surface area contributed by atoms with Crippen molar-refractivity contribution in [2.45, 2.75) is 32.2 Å². The van der Waals surface area contributed by atoms with Gasteiger partial charge in [-0.15, -0.1) is 0 Å². The zero-order chi connectivity index (χ0) is 17.4. The smallest absolute Gasteiger partial charge is 0.191 e. The topological polar surface area (TPSA) is 79.8 Å². The fourth-order valence-electron chi connectivity index (χ4n) is 2.72. The zero-order valence-corrected chi connectivity index (χ0v) is 15.2. The van der Waals surface area contributed by atoms with Crippen molar-refractivity contribution in [2.75, 3.05) is 31.7 Å². The molecule has 2 rings (SSSR count). The third-order valence-corrected chi connectivity index (χ3v) is 5.71. The summed E-state index contributed by atoms with van der Waals surface area (Å²) in [5.41, 5.74) is 1.23. The Morgan fingerprint density at radius 1 is 1.42 bits per heavy atom. The number of aryl methyl sites for hydroxylation is 1. The molecule has 1 aromatic rings. The van der Waals surface area contributed by atoms with Crippen molar-refractivity contribution in [2.24, 2.45) is 4.99 Å². The number of aliphatic imine (C=N–C) groups is 1. The second kappa shape index (κ2) is 8.92. The van der Waals surface area contributed by atoms with E-state index in [2.05, 4.69) is 21.7 Å². The van der Waals surface area contributed by atoms with Gasteiger partial charge in [0.15, 0.2) is 15.8 Å². The van der Waals surface area contributed by atoms with Gasteiger partial charge < -0.3 is 15.4 Å². The minimum Gasteiger partial charge on any atom is -0.497 e. The lowest BCUT2D eigenvalue weighted by atomic mass is 10.1. The number of nitrogens with zero attached hydrogens (tertiary/aromatic N) is 1. The van der Waals surface area contributed by atoms with Gasteiger partial charge >= 0.3 is 0 Å². The molecule has 1 aliphatic rings. The lowest BCUT2D eigenvalue weighted by Crippen LogP contribution is -2.44. The Labute approximate surface area is 144 Å². The summed E-state index contributed by atoms with van der Waals surface area (Å²) in [5.74, 6) is 2.03. The highest BCUT2D eigenvalue weighted by Crippen LogP contribution is 2.14. The predicted octanol–water partition coefficient (Wildman–Crippen LogP) is 1.37. The van der Waals surface area contributed by atoms with Crippen molar-refractivity contribution < 1.29 is 13.2 Å². The highest BCUT2D eigenvalue weighted by Gasteiger charge is 2.28. The summed E-state index contributed by atoms with van der Waals surface area (Å²) < 4.78 is 28.3. The molecule has 1 aliphatic heterocycles. The number of rotatable bonds is 7. The third-order valence-electron chi connectivity index (χ3n) is 3.95. The maximum Gasteiger partial charge on any atom is 0.191 e. The SMILES string of the molecule is CCNC(=NCCCc1cccc(OC)c1)NC1CCS(=O)(=O)C1. The number of ether oxygens (including phenoxy) is 1. The van der Waals surface area contributed by atoms with Crippen LogP contribution in [-0.2, 0) is 16.3 Å². The maximum absolute atomic E-state index is 11.5. The molecule has 1 unspecified atom stereocenters. The number of sulfone groups is 1. The van der Waals surface area contributed by atoms with E-state index in [0.717, 1.165) is 25.1 Å². The monoisotopic (exact) mass is 353 g/mol. The summed E-state index contributed by atoms with van der Waals surface area (Å²) in [4.78, 5) is 4.55. The van der Waals surface area contributed by atoms with Crippen molar-refractivity contribution in [3.63, 3.8) is 0 Å². The molecule has 2 N–H and O–H groups in total. The standard InChI is InChI=1S/C17H27N3O3S/c1-3-18-17(20-15-9-11-24(21,22)13-15)19-10-5-7-14-6-4-8-16(12-14)23-2/h4,6,8,12,15H,3,5,7,9-11,13H2,1-2H3,(H2,18,19,20). The summed E-state index contributed by atoms with van der Waals surface area (Å²) in [6, 6.07) is 8.01. The van der Waals surface area contributed by atoms with Crippen LogP contribution in [0.4, 0.5) is 0 Å². The highest BCUT2D eigenvalue weighted by molar-refractivity contribution is 7.91. The zero-order valence-electron chi connectivity index (χ0n) is 14.4. The van der Waals surface area contributed by atoms with E-state index in [1.54, 1.807) is 7.11 Å². The molecule has 1 atom stereocenters. The first-order valence-electron chi connectivity index (χ1n) is 8.40. The first-order chi connectivity index (χ1) is 11.5. The van der Waals surface area contributed by atoms with E-state index in [-0.39, 0.29) is 17.5 Å². The van der Waals surface area contributed by atoms with E-state index < -0.39 is 9.84 Å². The molecule has 0 aromatic heterocycles. The van der Waals surface area contributed by atoms with Crippen molar-refractivity contribution in [1.82, 2.24) is 10.6 Å². The van der Waals surface area contributed by atoms with Crippen LogP contribution < -0.4 is 15.4 Å². The number of hydrogen-bond acceptors (Lipinski definition) is 4. The molecule has 0 radical (unpaired) electrons. The van der Waals surface area contributed by atoms with Crippen molar-refractivity contribution in [3.05, 3.63) is 29.8 Å². The number of methoxy groups -OCH3 is 1. The van der Waals surface area contributed by atoms with Crippen LogP contribution in [0.25, 0.3) is 0 Å². The molecule has 0 bridgehead atoms. The van der Waals surface area contributed by atoms with E-state index in [4.69, 9.17) is 4.74 Å². The van der Waals surface area contributed by atoms with E-state index in [9.17, 15) is 8.42 Å². The predicted molar refractivity (Wildman–Crippen MR) is 97.5 cm³/mol. The molecule has 1 fully saturated rings. The van der Waals surface area contributed by atoms with E-state index in [1.165, 1.54) is 5.56 Å². The Bertz CT molecular complexity index is 659. The van der Waals surface area contributed by atoms with Gasteiger partial charge in [0, 0.05) is 19.1 Å². The number of guanidine groups is 1. The number of nitrogens with one attached hydrogen (secondary N) is 2. The van der Waals surface area contributed by atoms with Crippen molar-refractivity contribution in [3.8, 4) is 5.75 Å². The lowest BCUT2D eigenvalue weighted by molar-refractivity contribution is 0.414. The molecule has 0 spiro atoms. The van der Waals surface area contributed by atoms with Crippen LogP contribution in [-0.4, -0.2) is 52.1 Å². The molecule has 1 aromatic carbocycles. The van der Waals surface area contributed by atoms with Crippen LogP contribution in [0.2, 0.25) is 0 Å². The molecule has 134 valence electrons. The molecular formula is C17H27N3O3S. The number of benzene rings is 1. The summed E-state index contributed by atoms with van der Waals surface area (Å²) >= 11 is 0. The molecule has 0 amide bonds. The summed E-state index contributed by atoms with van der Waals surface area (Å²) in [7, 11) is -1.21. The van der Waals surface area contributed by atoms with Crippen LogP contribution in [0.3, 0.4) is 0 Å². The average molecular weight is 353 g/mol. The molecule has 6 nitrogen and oxygen atoms in total. The lowest BCUT2D eigenvalue weighted by Gasteiger charge is -2.15. The molecular weight excluding hydrogens is 326 g/mol. The Hall–Kier alpha value is -1.76.